The quantitative estimate of drug-likeness (QED) is 0.437. The second kappa shape index (κ2) is 8.91. The first kappa shape index (κ1) is 8.94. The van der Waals surface area contributed by atoms with Crippen molar-refractivity contribution in [1.29, 1.82) is 0 Å². The van der Waals surface area contributed by atoms with Crippen LogP contribution in [0.3, 0.4) is 0 Å². The van der Waals surface area contributed by atoms with E-state index < -0.39 is 0 Å². The Bertz CT molecular complexity index is 3.25. The SMILES string of the molecule is OOO.[Dy]. The molecule has 0 heterocycles. The molecule has 0 spiro atoms. The zero-order valence-corrected chi connectivity index (χ0v) is 3.65. The van der Waals surface area contributed by atoms with E-state index in [9.17, 15) is 0 Å². The molecule has 0 aromatic heterocycles. The standard InChI is InChI=1S/Dy.H2O3/c;1-3-2/h;1-2H. The summed E-state index contributed by atoms with van der Waals surface area (Å²) in [6, 6.07) is 0. The van der Waals surface area contributed by atoms with Crippen molar-refractivity contribution in [1.82, 2.24) is 0 Å². The van der Waals surface area contributed by atoms with Gasteiger partial charge in [-0.25, -0.2) is 10.5 Å². The largest absolute Gasteiger partial charge is 0.221 e. The van der Waals surface area contributed by atoms with Gasteiger partial charge in [-0.2, -0.15) is 0 Å². The molecule has 0 atom stereocenters. The number of hydrogen-bond donors (Lipinski definition) is 2. The van der Waals surface area contributed by atoms with E-state index in [1.807, 2.05) is 0 Å². The van der Waals surface area contributed by atoms with Crippen LogP contribution >= 0.6 is 0 Å². The third kappa shape index (κ3) is 11.0. The molecule has 0 unspecified atom stereocenters. The van der Waals surface area contributed by atoms with Crippen LogP contribution in [-0.2, 0) is 5.04 Å². The van der Waals surface area contributed by atoms with Gasteiger partial charge in [0.2, 0.25) is 0 Å². The van der Waals surface area contributed by atoms with E-state index in [1.165, 1.54) is 0 Å². The topological polar surface area (TPSA) is 49.7 Å². The molecule has 0 aliphatic carbocycles. The minimum atomic E-state index is 0. The summed E-state index contributed by atoms with van der Waals surface area (Å²) in [5.74, 6) is 0. The van der Waals surface area contributed by atoms with Gasteiger partial charge in [0, 0.05) is 38.2 Å². The maximum absolute atomic E-state index is 6.62. The summed E-state index contributed by atoms with van der Waals surface area (Å²) < 4.78 is 0. The molecule has 4 heavy (non-hydrogen) atoms. The summed E-state index contributed by atoms with van der Waals surface area (Å²) in [5, 5.41) is 15.5. The van der Waals surface area contributed by atoms with Crippen LogP contribution in [0, 0.1) is 38.2 Å². The van der Waals surface area contributed by atoms with Crippen molar-refractivity contribution in [3.05, 3.63) is 0 Å². The van der Waals surface area contributed by atoms with Crippen molar-refractivity contribution in [2.45, 2.75) is 0 Å². The Labute approximate surface area is 53.5 Å². The molecule has 0 saturated heterocycles. The van der Waals surface area contributed by atoms with Crippen LogP contribution in [0.1, 0.15) is 0 Å². The summed E-state index contributed by atoms with van der Waals surface area (Å²) in [5.41, 5.74) is 0. The molecule has 0 amide bonds. The molecule has 0 bridgehead atoms. The third-order valence-electron chi connectivity index (χ3n) is 0. The Morgan fingerprint density at radius 2 is 1.25 bits per heavy atom. The van der Waals surface area contributed by atoms with Crippen molar-refractivity contribution < 1.29 is 53.7 Å². The van der Waals surface area contributed by atoms with Gasteiger partial charge in [-0.1, -0.05) is 5.04 Å². The van der Waals surface area contributed by atoms with Gasteiger partial charge in [0.05, 0.1) is 0 Å². The maximum Gasteiger partial charge on any atom is 0 e. The van der Waals surface area contributed by atoms with Gasteiger partial charge < -0.3 is 0 Å². The number of hydrogen-bond acceptors (Lipinski definition) is 3. The van der Waals surface area contributed by atoms with Crippen molar-refractivity contribution in [2.24, 2.45) is 0 Å². The molecular formula is H2DyO3. The zero-order valence-electron chi connectivity index (χ0n) is 1.62. The average molecular weight is 213 g/mol. The Morgan fingerprint density at radius 3 is 1.25 bits per heavy atom. The monoisotopic (exact) mass is 214 g/mol. The number of rotatable bonds is 0. The molecule has 0 aliphatic heterocycles. The van der Waals surface area contributed by atoms with Crippen LogP contribution in [0.5, 0.6) is 0 Å². The van der Waals surface area contributed by atoms with Gasteiger partial charge in [0.15, 0.2) is 0 Å². The molecule has 0 radical (unpaired) electrons. The minimum absolute atomic E-state index is 0. The van der Waals surface area contributed by atoms with Crippen molar-refractivity contribution in [2.75, 3.05) is 0 Å². The molecule has 2 N–H and O–H groups in total. The van der Waals surface area contributed by atoms with E-state index in [0.29, 0.717) is 0 Å². The first-order valence-corrected chi connectivity index (χ1v) is 0.365. The summed E-state index contributed by atoms with van der Waals surface area (Å²) in [6.07, 6.45) is 0. The van der Waals surface area contributed by atoms with Crippen LogP contribution in [-0.4, -0.2) is 10.5 Å². The Kier molecular flexibility index (Phi) is 19.9. The molecule has 3 nitrogen and oxygen atoms in total. The second-order valence-electron chi connectivity index (χ2n) is 0.0816. The first-order valence-electron chi connectivity index (χ1n) is 0.365. The Balaban J connectivity index is 0. The Morgan fingerprint density at radius 1 is 1.25 bits per heavy atom. The van der Waals surface area contributed by atoms with Crippen LogP contribution in [0.2, 0.25) is 0 Å². The van der Waals surface area contributed by atoms with E-state index in [2.05, 4.69) is 5.04 Å². The summed E-state index contributed by atoms with van der Waals surface area (Å²) >= 11 is 0. The van der Waals surface area contributed by atoms with Crippen LogP contribution in [0.25, 0.3) is 0 Å². The van der Waals surface area contributed by atoms with Gasteiger partial charge in [0.1, 0.15) is 0 Å². The third-order valence-corrected chi connectivity index (χ3v) is 0. The molecular weight excluding hydrogens is 210 g/mol. The first-order chi connectivity index (χ1) is 1.41. The van der Waals surface area contributed by atoms with Gasteiger partial charge in [-0.15, -0.1) is 0 Å². The molecule has 0 aromatic carbocycles. The van der Waals surface area contributed by atoms with Crippen molar-refractivity contribution in [3.63, 3.8) is 0 Å². The van der Waals surface area contributed by atoms with Crippen LogP contribution in [0.4, 0.5) is 0 Å². The minimum Gasteiger partial charge on any atom is -0.221 e. The molecule has 0 aromatic rings. The fourth-order valence-corrected chi connectivity index (χ4v) is 0. The predicted molar refractivity (Wildman–Crippen MR) is 6.34 cm³/mol. The molecule has 4 heteroatoms. The van der Waals surface area contributed by atoms with E-state index >= 15 is 0 Å². The van der Waals surface area contributed by atoms with E-state index in [1.54, 1.807) is 0 Å². The normalized spacial score (nSPS) is 4.50. The molecule has 0 saturated carbocycles. The van der Waals surface area contributed by atoms with E-state index in [4.69, 9.17) is 10.5 Å². The van der Waals surface area contributed by atoms with Gasteiger partial charge >= 0.3 is 0 Å². The van der Waals surface area contributed by atoms with E-state index in [-0.39, 0.29) is 38.2 Å². The van der Waals surface area contributed by atoms with Crippen molar-refractivity contribution >= 4 is 0 Å². The van der Waals surface area contributed by atoms with Crippen LogP contribution < -0.4 is 0 Å². The van der Waals surface area contributed by atoms with Gasteiger partial charge in [0.25, 0.3) is 0 Å². The average Bonchev–Trinajstić information content (AvgIpc) is 0.918. The van der Waals surface area contributed by atoms with Crippen molar-refractivity contribution in [3.8, 4) is 0 Å². The predicted octanol–water partition coefficient (Wildman–Crippen LogP) is -0.0510. The fourth-order valence-electron chi connectivity index (χ4n) is 0. The Hall–Kier alpha value is 1.15. The molecule has 0 aliphatic rings. The van der Waals surface area contributed by atoms with Gasteiger partial charge in [-0.05, 0) is 0 Å². The smallest absolute Gasteiger partial charge is 0 e. The molecule has 30 valence electrons. The molecule has 0 rings (SSSR count). The summed E-state index contributed by atoms with van der Waals surface area (Å²) in [6.45, 7) is 0. The second-order valence-corrected chi connectivity index (χ2v) is 0.0816. The molecule has 0 fully saturated rings. The maximum atomic E-state index is 6.62. The fraction of sp³-hybridized carbons (Fsp3) is 0. The van der Waals surface area contributed by atoms with Gasteiger partial charge in [-0.3, -0.25) is 0 Å². The van der Waals surface area contributed by atoms with E-state index in [0.717, 1.165) is 0 Å². The zero-order chi connectivity index (χ0) is 2.71. The van der Waals surface area contributed by atoms with Crippen LogP contribution in [0.15, 0.2) is 0 Å². The summed E-state index contributed by atoms with van der Waals surface area (Å²) in [7, 11) is 0. The summed E-state index contributed by atoms with van der Waals surface area (Å²) in [4.78, 5) is 0.